The van der Waals surface area contributed by atoms with E-state index in [0.29, 0.717) is 13.1 Å². The number of carbonyl (C=O) groups is 2. The Hall–Kier alpha value is -2.47. The van der Waals surface area contributed by atoms with Crippen molar-refractivity contribution in [1.82, 2.24) is 10.2 Å². The first-order valence-corrected chi connectivity index (χ1v) is 10.8. The van der Waals surface area contributed by atoms with Crippen LogP contribution in [0.2, 0.25) is 0 Å². The predicted molar refractivity (Wildman–Crippen MR) is 118 cm³/mol. The maximum absolute atomic E-state index is 13.0. The number of hydrogen-bond acceptors (Lipinski definition) is 4. The van der Waals surface area contributed by atoms with Crippen molar-refractivity contribution in [2.45, 2.75) is 44.7 Å². The van der Waals surface area contributed by atoms with E-state index in [1.807, 2.05) is 62.4 Å². The molecule has 0 saturated heterocycles. The standard InChI is InChI=1S/C23H30N2O3S/c1-5-14-24-23(27)18(3)25(15-19-8-10-20(28-4)11-9-19)22(26)16-29-21-12-6-17(2)7-13-21/h6-13,18H,5,14-16H2,1-4H3,(H,24,27)/t18-/m1/s1. The van der Waals surface area contributed by atoms with Crippen LogP contribution in [0, 0.1) is 6.92 Å². The second-order valence-electron chi connectivity index (χ2n) is 6.94. The van der Waals surface area contributed by atoms with Crippen molar-refractivity contribution >= 4 is 23.6 Å². The Morgan fingerprint density at radius 3 is 2.34 bits per heavy atom. The average molecular weight is 415 g/mol. The van der Waals surface area contributed by atoms with E-state index in [2.05, 4.69) is 5.32 Å². The molecular weight excluding hydrogens is 384 g/mol. The van der Waals surface area contributed by atoms with Crippen LogP contribution in [0.3, 0.4) is 0 Å². The molecule has 0 heterocycles. The average Bonchev–Trinajstić information content (AvgIpc) is 2.75. The molecule has 2 aromatic rings. The summed E-state index contributed by atoms with van der Waals surface area (Å²) in [6.45, 7) is 6.79. The smallest absolute Gasteiger partial charge is 0.242 e. The molecule has 0 spiro atoms. The highest BCUT2D eigenvalue weighted by atomic mass is 32.2. The minimum Gasteiger partial charge on any atom is -0.497 e. The van der Waals surface area contributed by atoms with Crippen molar-refractivity contribution in [2.75, 3.05) is 19.4 Å². The van der Waals surface area contributed by atoms with E-state index in [-0.39, 0.29) is 17.6 Å². The first-order valence-electron chi connectivity index (χ1n) is 9.84. The highest BCUT2D eigenvalue weighted by Crippen LogP contribution is 2.21. The summed E-state index contributed by atoms with van der Waals surface area (Å²) in [5.41, 5.74) is 2.14. The molecular formula is C23H30N2O3S. The lowest BCUT2D eigenvalue weighted by Gasteiger charge is -2.28. The van der Waals surface area contributed by atoms with Crippen LogP contribution in [-0.4, -0.2) is 42.2 Å². The van der Waals surface area contributed by atoms with Crippen LogP contribution in [-0.2, 0) is 16.1 Å². The SMILES string of the molecule is CCCNC(=O)[C@@H](C)N(Cc1ccc(OC)cc1)C(=O)CSc1ccc(C)cc1. The van der Waals surface area contributed by atoms with E-state index in [0.717, 1.165) is 22.6 Å². The maximum atomic E-state index is 13.0. The fraction of sp³-hybridized carbons (Fsp3) is 0.391. The number of carbonyl (C=O) groups excluding carboxylic acids is 2. The summed E-state index contributed by atoms with van der Waals surface area (Å²) in [6, 6.07) is 15.1. The van der Waals surface area contributed by atoms with Crippen LogP contribution in [0.25, 0.3) is 0 Å². The van der Waals surface area contributed by atoms with Crippen LogP contribution >= 0.6 is 11.8 Å². The summed E-state index contributed by atoms with van der Waals surface area (Å²) in [7, 11) is 1.62. The van der Waals surface area contributed by atoms with Crippen LogP contribution in [0.5, 0.6) is 5.75 Å². The van der Waals surface area contributed by atoms with Gasteiger partial charge in [0, 0.05) is 18.0 Å². The topological polar surface area (TPSA) is 58.6 Å². The summed E-state index contributed by atoms with van der Waals surface area (Å²) in [6.07, 6.45) is 0.855. The highest BCUT2D eigenvalue weighted by molar-refractivity contribution is 8.00. The predicted octanol–water partition coefficient (Wildman–Crippen LogP) is 4.04. The summed E-state index contributed by atoms with van der Waals surface area (Å²) in [4.78, 5) is 28.2. The van der Waals surface area contributed by atoms with Crippen molar-refractivity contribution in [3.8, 4) is 5.75 Å². The molecule has 0 fully saturated rings. The second-order valence-corrected chi connectivity index (χ2v) is 7.99. The zero-order valence-electron chi connectivity index (χ0n) is 17.6. The molecule has 2 rings (SSSR count). The van der Waals surface area contributed by atoms with Gasteiger partial charge < -0.3 is 15.0 Å². The number of methoxy groups -OCH3 is 1. The van der Waals surface area contributed by atoms with Gasteiger partial charge in [-0.05, 0) is 50.1 Å². The van der Waals surface area contributed by atoms with Crippen LogP contribution in [0.15, 0.2) is 53.4 Å². The summed E-state index contributed by atoms with van der Waals surface area (Å²) < 4.78 is 5.20. The monoisotopic (exact) mass is 414 g/mol. The molecule has 6 heteroatoms. The Balaban J connectivity index is 2.11. The van der Waals surface area contributed by atoms with Gasteiger partial charge in [-0.15, -0.1) is 11.8 Å². The van der Waals surface area contributed by atoms with E-state index in [1.54, 1.807) is 18.9 Å². The van der Waals surface area contributed by atoms with E-state index in [4.69, 9.17) is 4.74 Å². The van der Waals surface area contributed by atoms with E-state index in [1.165, 1.54) is 17.3 Å². The van der Waals surface area contributed by atoms with Gasteiger partial charge in [0.2, 0.25) is 11.8 Å². The quantitative estimate of drug-likeness (QED) is 0.596. The van der Waals surface area contributed by atoms with Crippen LogP contribution in [0.1, 0.15) is 31.4 Å². The molecule has 5 nitrogen and oxygen atoms in total. The summed E-state index contributed by atoms with van der Waals surface area (Å²) in [5, 5.41) is 2.89. The number of thioether (sulfide) groups is 1. The Morgan fingerprint density at radius 2 is 1.76 bits per heavy atom. The molecule has 0 aliphatic heterocycles. The lowest BCUT2D eigenvalue weighted by atomic mass is 10.1. The van der Waals surface area contributed by atoms with E-state index < -0.39 is 6.04 Å². The molecule has 0 bridgehead atoms. The largest absolute Gasteiger partial charge is 0.497 e. The first-order chi connectivity index (χ1) is 13.9. The Bertz CT molecular complexity index is 791. The van der Waals surface area contributed by atoms with Crippen LogP contribution in [0.4, 0.5) is 0 Å². The Labute approximate surface area is 177 Å². The molecule has 0 unspecified atom stereocenters. The van der Waals surface area contributed by atoms with Crippen LogP contribution < -0.4 is 10.1 Å². The van der Waals surface area contributed by atoms with Gasteiger partial charge in [-0.2, -0.15) is 0 Å². The van der Waals surface area contributed by atoms with Crippen molar-refractivity contribution in [2.24, 2.45) is 0 Å². The molecule has 0 aliphatic carbocycles. The third-order valence-corrected chi connectivity index (χ3v) is 5.61. The zero-order chi connectivity index (χ0) is 21.2. The number of nitrogens with one attached hydrogen (secondary N) is 1. The molecule has 0 radical (unpaired) electrons. The number of rotatable bonds is 10. The van der Waals surface area contributed by atoms with Gasteiger partial charge in [0.15, 0.2) is 0 Å². The fourth-order valence-corrected chi connectivity index (χ4v) is 3.55. The molecule has 156 valence electrons. The minimum atomic E-state index is -0.547. The van der Waals surface area contributed by atoms with Crippen molar-refractivity contribution in [1.29, 1.82) is 0 Å². The van der Waals surface area contributed by atoms with Gasteiger partial charge in [0.1, 0.15) is 11.8 Å². The number of aryl methyl sites for hydroxylation is 1. The first kappa shape index (κ1) is 22.8. The Morgan fingerprint density at radius 1 is 1.10 bits per heavy atom. The maximum Gasteiger partial charge on any atom is 0.242 e. The van der Waals surface area contributed by atoms with E-state index in [9.17, 15) is 9.59 Å². The Kier molecular flexibility index (Phi) is 9.06. The molecule has 29 heavy (non-hydrogen) atoms. The molecule has 1 atom stereocenters. The van der Waals surface area contributed by atoms with Crippen molar-refractivity contribution in [3.63, 3.8) is 0 Å². The molecule has 2 amide bonds. The lowest BCUT2D eigenvalue weighted by Crippen LogP contribution is -2.48. The number of hydrogen-bond donors (Lipinski definition) is 1. The van der Waals surface area contributed by atoms with Crippen molar-refractivity contribution in [3.05, 3.63) is 59.7 Å². The molecule has 2 aromatic carbocycles. The number of ether oxygens (including phenoxy) is 1. The second kappa shape index (κ2) is 11.5. The van der Waals surface area contributed by atoms with E-state index >= 15 is 0 Å². The van der Waals surface area contributed by atoms with Gasteiger partial charge in [-0.3, -0.25) is 9.59 Å². The summed E-state index contributed by atoms with van der Waals surface area (Å²) in [5.74, 6) is 0.847. The minimum absolute atomic E-state index is 0.0643. The normalized spacial score (nSPS) is 11.6. The van der Waals surface area contributed by atoms with Crippen molar-refractivity contribution < 1.29 is 14.3 Å². The zero-order valence-corrected chi connectivity index (χ0v) is 18.4. The van der Waals surface area contributed by atoms with Gasteiger partial charge in [0.25, 0.3) is 0 Å². The fourth-order valence-electron chi connectivity index (χ4n) is 2.77. The third kappa shape index (κ3) is 7.13. The molecule has 0 saturated carbocycles. The molecule has 1 N–H and O–H groups in total. The lowest BCUT2D eigenvalue weighted by molar-refractivity contribution is -0.138. The van der Waals surface area contributed by atoms with Gasteiger partial charge in [-0.1, -0.05) is 36.8 Å². The van der Waals surface area contributed by atoms with Gasteiger partial charge in [-0.25, -0.2) is 0 Å². The van der Waals surface area contributed by atoms with Gasteiger partial charge >= 0.3 is 0 Å². The number of amides is 2. The summed E-state index contributed by atoms with van der Waals surface area (Å²) >= 11 is 1.49. The third-order valence-electron chi connectivity index (χ3n) is 4.61. The highest BCUT2D eigenvalue weighted by Gasteiger charge is 2.25. The number of benzene rings is 2. The molecule has 0 aliphatic rings. The van der Waals surface area contributed by atoms with Gasteiger partial charge in [0.05, 0.1) is 12.9 Å². The number of nitrogens with zero attached hydrogens (tertiary/aromatic N) is 1. The molecule has 0 aromatic heterocycles.